The molecule has 0 aromatic heterocycles. The molecule has 0 aliphatic heterocycles. The zero-order valence-corrected chi connectivity index (χ0v) is 15.9. The predicted octanol–water partition coefficient (Wildman–Crippen LogP) is 1.34. The van der Waals surface area contributed by atoms with Crippen LogP contribution >= 0.6 is 0 Å². The number of hydrogen-bond acceptors (Lipinski definition) is 7. The summed E-state index contributed by atoms with van der Waals surface area (Å²) in [5.41, 5.74) is -0.0796. The number of hydrogen-bond donors (Lipinski definition) is 1. The average Bonchev–Trinajstić information content (AvgIpc) is 2.67. The molecular weight excluding hydrogens is 388 g/mol. The quantitative estimate of drug-likeness (QED) is 0.467. The first-order valence-corrected chi connectivity index (χ1v) is 9.76. The number of methoxy groups -OCH3 is 1. The fourth-order valence-electron chi connectivity index (χ4n) is 2.35. The van der Waals surface area contributed by atoms with E-state index in [4.69, 9.17) is 9.47 Å². The zero-order valence-electron chi connectivity index (χ0n) is 15.1. The van der Waals surface area contributed by atoms with Gasteiger partial charge < -0.3 is 14.8 Å². The molecule has 2 rings (SSSR count). The molecule has 2 aromatic carbocycles. The van der Waals surface area contributed by atoms with Crippen molar-refractivity contribution in [2.45, 2.75) is 0 Å². The third kappa shape index (κ3) is 4.86. The molecule has 0 radical (unpaired) electrons. The molecule has 0 unspecified atom stereocenters. The first-order valence-electron chi connectivity index (χ1n) is 7.91. The topological polar surface area (TPSA) is 119 Å². The minimum atomic E-state index is -3.97. The number of nitrogens with zero attached hydrogens (tertiary/aromatic N) is 1. The first-order chi connectivity index (χ1) is 13.3. The summed E-state index contributed by atoms with van der Waals surface area (Å²) >= 11 is 0. The molecule has 0 fully saturated rings. The number of rotatable bonds is 10. The fraction of sp³-hybridized carbons (Fsp3) is 0.167. The molecule has 2 amide bonds. The summed E-state index contributed by atoms with van der Waals surface area (Å²) in [6.07, 6.45) is 1.35. The molecule has 28 heavy (non-hydrogen) atoms. The van der Waals surface area contributed by atoms with Crippen molar-refractivity contribution in [1.29, 1.82) is 0 Å². The zero-order chi connectivity index (χ0) is 20.7. The molecule has 0 spiro atoms. The summed E-state index contributed by atoms with van der Waals surface area (Å²) in [5, 5.41) is 2.25. The Hall–Kier alpha value is -3.40. The number of ether oxygens (including phenoxy) is 2. The largest absolute Gasteiger partial charge is 0.496 e. The van der Waals surface area contributed by atoms with Crippen LogP contribution in [0.2, 0.25) is 0 Å². The molecular formula is C18H18N2O7S. The Morgan fingerprint density at radius 3 is 2.36 bits per heavy atom. The van der Waals surface area contributed by atoms with Crippen molar-refractivity contribution >= 4 is 34.3 Å². The van der Waals surface area contributed by atoms with Crippen molar-refractivity contribution in [2.75, 3.05) is 24.2 Å². The van der Waals surface area contributed by atoms with Crippen LogP contribution in [0.4, 0.5) is 5.69 Å². The monoisotopic (exact) mass is 406 g/mol. The second kappa shape index (κ2) is 9.00. The number of amides is 2. The van der Waals surface area contributed by atoms with Crippen LogP contribution in [0.25, 0.3) is 0 Å². The lowest BCUT2D eigenvalue weighted by molar-refractivity contribution is -0.109. The summed E-state index contributed by atoms with van der Waals surface area (Å²) < 4.78 is 35.4. The molecule has 0 aliphatic rings. The molecule has 0 atom stereocenters. The Labute approximate surface area is 161 Å². The van der Waals surface area contributed by atoms with E-state index in [-0.39, 0.29) is 35.7 Å². The summed E-state index contributed by atoms with van der Waals surface area (Å²) in [6.45, 7) is -0.298. The highest BCUT2D eigenvalue weighted by molar-refractivity contribution is 7.92. The Bertz CT molecular complexity index is 975. The van der Waals surface area contributed by atoms with E-state index in [1.54, 1.807) is 30.3 Å². The van der Waals surface area contributed by atoms with Crippen LogP contribution in [0.5, 0.6) is 17.2 Å². The van der Waals surface area contributed by atoms with Gasteiger partial charge in [0.1, 0.15) is 17.2 Å². The van der Waals surface area contributed by atoms with E-state index in [0.717, 1.165) is 6.26 Å². The van der Waals surface area contributed by atoms with Gasteiger partial charge in [-0.2, -0.15) is 0 Å². The minimum absolute atomic E-state index is 0.0172. The van der Waals surface area contributed by atoms with Gasteiger partial charge in [-0.1, -0.05) is 18.2 Å². The molecule has 0 saturated carbocycles. The van der Waals surface area contributed by atoms with Crippen molar-refractivity contribution < 1.29 is 32.3 Å². The second-order valence-electron chi connectivity index (χ2n) is 5.52. The highest BCUT2D eigenvalue weighted by Gasteiger charge is 2.25. The maximum absolute atomic E-state index is 12.4. The van der Waals surface area contributed by atoms with Crippen molar-refractivity contribution in [3.05, 3.63) is 48.0 Å². The Morgan fingerprint density at radius 2 is 1.82 bits per heavy atom. The molecule has 148 valence electrons. The number of anilines is 1. The minimum Gasteiger partial charge on any atom is -0.496 e. The van der Waals surface area contributed by atoms with Gasteiger partial charge in [0.05, 0.1) is 25.5 Å². The molecule has 0 aliphatic carbocycles. The molecule has 2 aromatic rings. The van der Waals surface area contributed by atoms with Crippen LogP contribution in [-0.4, -0.2) is 46.9 Å². The number of ketones is 1. The van der Waals surface area contributed by atoms with E-state index >= 15 is 0 Å². The van der Waals surface area contributed by atoms with Crippen LogP contribution in [-0.2, 0) is 19.6 Å². The Balaban J connectivity index is 2.66. The molecule has 0 saturated heterocycles. The van der Waals surface area contributed by atoms with Gasteiger partial charge in [-0.15, -0.1) is 0 Å². The van der Waals surface area contributed by atoms with Crippen molar-refractivity contribution in [1.82, 2.24) is 5.32 Å². The van der Waals surface area contributed by atoms with E-state index in [9.17, 15) is 22.8 Å². The van der Waals surface area contributed by atoms with Gasteiger partial charge >= 0.3 is 0 Å². The molecule has 0 heterocycles. The second-order valence-corrected chi connectivity index (χ2v) is 7.38. The lowest BCUT2D eigenvalue weighted by Crippen LogP contribution is -2.29. The third-order valence-corrected chi connectivity index (χ3v) is 4.59. The van der Waals surface area contributed by atoms with Gasteiger partial charge in [-0.25, -0.2) is 12.7 Å². The Morgan fingerprint density at radius 1 is 1.14 bits per heavy atom. The van der Waals surface area contributed by atoms with Crippen LogP contribution in [0, 0.1) is 0 Å². The molecule has 1 N–H and O–H groups in total. The number of Topliss-reactive ketones (excluding diaryl/α,β-unsaturated/α-hetero) is 1. The van der Waals surface area contributed by atoms with E-state index in [0.29, 0.717) is 16.5 Å². The Kier molecular flexibility index (Phi) is 6.72. The maximum atomic E-state index is 12.4. The van der Waals surface area contributed by atoms with Crippen molar-refractivity contribution in [2.24, 2.45) is 0 Å². The number of carbonyl (C=O) groups is 3. The lowest BCUT2D eigenvalue weighted by Gasteiger charge is -2.21. The predicted molar refractivity (Wildman–Crippen MR) is 101 cm³/mol. The lowest BCUT2D eigenvalue weighted by atomic mass is 10.1. The molecule has 10 heteroatoms. The highest BCUT2D eigenvalue weighted by Crippen LogP contribution is 2.38. The van der Waals surface area contributed by atoms with Gasteiger partial charge in [0, 0.05) is 6.07 Å². The molecule has 0 bridgehead atoms. The summed E-state index contributed by atoms with van der Waals surface area (Å²) in [7, 11) is -2.68. The average molecular weight is 406 g/mol. The fourth-order valence-corrected chi connectivity index (χ4v) is 3.00. The van der Waals surface area contributed by atoms with Crippen molar-refractivity contribution in [3.63, 3.8) is 0 Å². The van der Waals surface area contributed by atoms with Gasteiger partial charge in [0.2, 0.25) is 22.8 Å². The van der Waals surface area contributed by atoms with Crippen molar-refractivity contribution in [3.8, 4) is 17.2 Å². The van der Waals surface area contributed by atoms with Gasteiger partial charge in [0.15, 0.2) is 11.5 Å². The number of carbonyl (C=O) groups excluding carboxylic acids is 3. The SMILES string of the molecule is COc1cc(N(C=O)S(C)(=O)=O)c(Oc2ccccc2)cc1C(=O)CNC=O. The maximum Gasteiger partial charge on any atom is 0.238 e. The van der Waals surface area contributed by atoms with E-state index in [2.05, 4.69) is 5.32 Å². The standard InChI is InChI=1S/C18H18N2O7S/c1-26-17-9-15(20(12-22)28(2,24)25)18(27-13-6-4-3-5-7-13)8-14(17)16(23)10-19-11-21/h3-9,11-12H,10H2,1-2H3,(H,19,21). The number of nitrogens with one attached hydrogen (secondary N) is 1. The summed E-state index contributed by atoms with van der Waals surface area (Å²) in [6, 6.07) is 10.9. The van der Waals surface area contributed by atoms with E-state index in [1.165, 1.54) is 19.2 Å². The van der Waals surface area contributed by atoms with Crippen LogP contribution in [0.3, 0.4) is 0 Å². The third-order valence-electron chi connectivity index (χ3n) is 3.59. The number of sulfonamides is 1. The number of benzene rings is 2. The van der Waals surface area contributed by atoms with Gasteiger partial charge in [-0.05, 0) is 18.2 Å². The van der Waals surface area contributed by atoms with E-state index < -0.39 is 15.8 Å². The number of para-hydroxylation sites is 1. The van der Waals surface area contributed by atoms with E-state index in [1.807, 2.05) is 0 Å². The summed E-state index contributed by atoms with van der Waals surface area (Å²) in [4.78, 5) is 34.3. The van der Waals surface area contributed by atoms with Crippen LogP contribution in [0.15, 0.2) is 42.5 Å². The summed E-state index contributed by atoms with van der Waals surface area (Å²) in [5.74, 6) is -0.175. The smallest absolute Gasteiger partial charge is 0.238 e. The molecule has 9 nitrogen and oxygen atoms in total. The van der Waals surface area contributed by atoms with Crippen LogP contribution in [0.1, 0.15) is 10.4 Å². The highest BCUT2D eigenvalue weighted by atomic mass is 32.2. The van der Waals surface area contributed by atoms with Gasteiger partial charge in [0.25, 0.3) is 0 Å². The van der Waals surface area contributed by atoms with Gasteiger partial charge in [-0.3, -0.25) is 14.4 Å². The van der Waals surface area contributed by atoms with Crippen LogP contribution < -0.4 is 19.1 Å². The first kappa shape index (κ1) is 20.9. The normalized spacial score (nSPS) is 10.6.